The van der Waals surface area contributed by atoms with Gasteiger partial charge < -0.3 is 19.3 Å². The molecule has 0 bridgehead atoms. The molecule has 1 fully saturated rings. The second-order valence-electron chi connectivity index (χ2n) is 8.36. The number of carbonyl (C=O) groups excluding carboxylic acids is 2. The van der Waals surface area contributed by atoms with Crippen molar-refractivity contribution in [1.29, 1.82) is 0 Å². The number of hydrogen-bond donors (Lipinski definition) is 1. The molecule has 7 nitrogen and oxygen atoms in total. The van der Waals surface area contributed by atoms with E-state index in [4.69, 9.17) is 4.74 Å². The third-order valence-corrected chi connectivity index (χ3v) is 5.61. The maximum absolute atomic E-state index is 14.8. The Balaban J connectivity index is 1.71. The zero-order valence-corrected chi connectivity index (χ0v) is 19.0. The standard InChI is InChI=1S/C26H26FN3O4/c1-17(2)34-19-10-8-18(9-11-19)24(31)22-23(20-6-3-4-7-21(20)27)30(26(33)25(22)32)14-5-13-29-15-12-28-16-29/h3-4,6-12,15-17,23,31H,5,13-14H2,1-2H3/b24-22-. The number of Topliss-reactive ketones (excluding diaryl/α,β-unsaturated/α-hetero) is 1. The summed E-state index contributed by atoms with van der Waals surface area (Å²) in [5, 5.41) is 11.1. The van der Waals surface area contributed by atoms with Crippen LogP contribution in [0.15, 0.2) is 72.8 Å². The molecule has 1 N–H and O–H groups in total. The molecule has 1 saturated heterocycles. The SMILES string of the molecule is CC(C)Oc1ccc(/C(O)=C2/C(=O)C(=O)N(CCCn3ccnc3)C2c2ccccc2F)cc1. The van der Waals surface area contributed by atoms with Gasteiger partial charge in [-0.15, -0.1) is 0 Å². The lowest BCUT2D eigenvalue weighted by Gasteiger charge is -2.25. The summed E-state index contributed by atoms with van der Waals surface area (Å²) in [5.74, 6) is -1.89. The van der Waals surface area contributed by atoms with Gasteiger partial charge in [-0.2, -0.15) is 0 Å². The lowest BCUT2D eigenvalue weighted by molar-refractivity contribution is -0.140. The summed E-state index contributed by atoms with van der Waals surface area (Å²) in [6.45, 7) is 4.58. The van der Waals surface area contributed by atoms with Gasteiger partial charge in [0.05, 0.1) is 24.0 Å². The van der Waals surface area contributed by atoms with E-state index in [1.807, 2.05) is 18.4 Å². The van der Waals surface area contributed by atoms with E-state index in [-0.39, 0.29) is 29.5 Å². The first-order valence-corrected chi connectivity index (χ1v) is 11.1. The maximum atomic E-state index is 14.8. The zero-order valence-electron chi connectivity index (χ0n) is 19.0. The van der Waals surface area contributed by atoms with Crippen molar-refractivity contribution in [3.05, 3.63) is 89.8 Å². The monoisotopic (exact) mass is 463 g/mol. The summed E-state index contributed by atoms with van der Waals surface area (Å²) < 4.78 is 22.3. The van der Waals surface area contributed by atoms with E-state index in [0.29, 0.717) is 24.3 Å². The minimum Gasteiger partial charge on any atom is -0.507 e. The quantitative estimate of drug-likeness (QED) is 0.306. The van der Waals surface area contributed by atoms with Crippen LogP contribution in [0.25, 0.3) is 5.76 Å². The van der Waals surface area contributed by atoms with Gasteiger partial charge in [-0.3, -0.25) is 9.59 Å². The van der Waals surface area contributed by atoms with Gasteiger partial charge in [0.2, 0.25) is 0 Å². The van der Waals surface area contributed by atoms with Crippen LogP contribution in [0, 0.1) is 5.82 Å². The molecule has 0 spiro atoms. The molecule has 2 aromatic carbocycles. The predicted molar refractivity (Wildman–Crippen MR) is 124 cm³/mol. The van der Waals surface area contributed by atoms with Crippen molar-refractivity contribution in [3.63, 3.8) is 0 Å². The Morgan fingerprint density at radius 3 is 2.50 bits per heavy atom. The van der Waals surface area contributed by atoms with Gasteiger partial charge in [-0.1, -0.05) is 18.2 Å². The molecule has 8 heteroatoms. The van der Waals surface area contributed by atoms with Crippen LogP contribution >= 0.6 is 0 Å². The fourth-order valence-electron chi connectivity index (χ4n) is 4.09. The Labute approximate surface area is 197 Å². The molecule has 0 radical (unpaired) electrons. The number of rotatable bonds is 8. The van der Waals surface area contributed by atoms with Crippen LogP contribution in [0.2, 0.25) is 0 Å². The molecule has 2 heterocycles. The van der Waals surface area contributed by atoms with Crippen molar-refractivity contribution in [2.75, 3.05) is 6.54 Å². The van der Waals surface area contributed by atoms with Crippen molar-refractivity contribution in [2.45, 2.75) is 39.0 Å². The molecule has 1 aliphatic heterocycles. The third kappa shape index (κ3) is 4.71. The second-order valence-corrected chi connectivity index (χ2v) is 8.36. The first-order chi connectivity index (χ1) is 16.4. The third-order valence-electron chi connectivity index (χ3n) is 5.61. The van der Waals surface area contributed by atoms with Crippen molar-refractivity contribution >= 4 is 17.4 Å². The molecule has 1 amide bonds. The molecular weight excluding hydrogens is 437 g/mol. The molecule has 0 aliphatic carbocycles. The van der Waals surface area contributed by atoms with Gasteiger partial charge in [0.1, 0.15) is 17.3 Å². The fraction of sp³-hybridized carbons (Fsp3) is 0.269. The van der Waals surface area contributed by atoms with Crippen LogP contribution < -0.4 is 4.74 Å². The summed E-state index contributed by atoms with van der Waals surface area (Å²) in [4.78, 5) is 31.4. The number of hydrogen-bond acceptors (Lipinski definition) is 5. The number of halogens is 1. The Morgan fingerprint density at radius 2 is 1.85 bits per heavy atom. The summed E-state index contributed by atoms with van der Waals surface area (Å²) in [6, 6.07) is 11.5. The molecule has 1 aromatic heterocycles. The van der Waals surface area contributed by atoms with Crippen LogP contribution in [0.1, 0.15) is 37.4 Å². The highest BCUT2D eigenvalue weighted by Crippen LogP contribution is 2.40. The minimum atomic E-state index is -1.03. The Kier molecular flexibility index (Phi) is 6.77. The molecule has 4 rings (SSSR count). The number of aliphatic hydroxyl groups is 1. The van der Waals surface area contributed by atoms with Crippen LogP contribution in [0.3, 0.4) is 0 Å². The zero-order chi connectivity index (χ0) is 24.2. The fourth-order valence-corrected chi connectivity index (χ4v) is 4.09. The number of nitrogens with zero attached hydrogens (tertiary/aromatic N) is 3. The topological polar surface area (TPSA) is 84.7 Å². The highest BCUT2D eigenvalue weighted by molar-refractivity contribution is 6.46. The van der Waals surface area contributed by atoms with Crippen LogP contribution in [-0.4, -0.2) is 43.9 Å². The average molecular weight is 464 g/mol. The molecule has 1 aliphatic rings. The number of aromatic nitrogens is 2. The molecular formula is C26H26FN3O4. The number of ketones is 1. The average Bonchev–Trinajstić information content (AvgIpc) is 3.41. The number of likely N-dealkylation sites (tertiary alicyclic amines) is 1. The molecule has 1 atom stereocenters. The summed E-state index contributed by atoms with van der Waals surface area (Å²) in [7, 11) is 0. The second kappa shape index (κ2) is 9.91. The Bertz CT molecular complexity index is 1200. The van der Waals surface area contributed by atoms with E-state index >= 15 is 0 Å². The number of ether oxygens (including phenoxy) is 1. The maximum Gasteiger partial charge on any atom is 0.295 e. The predicted octanol–water partition coefficient (Wildman–Crippen LogP) is 4.32. The van der Waals surface area contributed by atoms with Crippen molar-refractivity contribution < 1.29 is 23.8 Å². The van der Waals surface area contributed by atoms with Gasteiger partial charge in [0.25, 0.3) is 11.7 Å². The summed E-state index contributed by atoms with van der Waals surface area (Å²) in [5.41, 5.74) is 0.370. The molecule has 3 aromatic rings. The first-order valence-electron chi connectivity index (χ1n) is 11.1. The molecule has 176 valence electrons. The van der Waals surface area contributed by atoms with E-state index in [0.717, 1.165) is 0 Å². The highest BCUT2D eigenvalue weighted by atomic mass is 19.1. The van der Waals surface area contributed by atoms with E-state index in [1.54, 1.807) is 49.1 Å². The van der Waals surface area contributed by atoms with E-state index in [2.05, 4.69) is 4.98 Å². The number of carbonyl (C=O) groups is 2. The number of imidazole rings is 1. The lowest BCUT2D eigenvalue weighted by atomic mass is 9.95. The van der Waals surface area contributed by atoms with Crippen molar-refractivity contribution in [2.24, 2.45) is 0 Å². The van der Waals surface area contributed by atoms with Crippen LogP contribution in [0.4, 0.5) is 4.39 Å². The number of aliphatic hydroxyl groups excluding tert-OH is 1. The molecule has 34 heavy (non-hydrogen) atoms. The normalized spacial score (nSPS) is 17.5. The summed E-state index contributed by atoms with van der Waals surface area (Å²) in [6.07, 6.45) is 5.62. The van der Waals surface area contributed by atoms with E-state index in [9.17, 15) is 19.1 Å². The van der Waals surface area contributed by atoms with Crippen molar-refractivity contribution in [3.8, 4) is 5.75 Å². The Hall–Kier alpha value is -3.94. The van der Waals surface area contributed by atoms with Gasteiger partial charge in [-0.25, -0.2) is 9.37 Å². The highest BCUT2D eigenvalue weighted by Gasteiger charge is 2.46. The molecule has 0 saturated carbocycles. The van der Waals surface area contributed by atoms with Crippen LogP contribution in [0.5, 0.6) is 5.75 Å². The van der Waals surface area contributed by atoms with Gasteiger partial charge >= 0.3 is 0 Å². The first kappa shape index (κ1) is 23.2. The number of benzene rings is 2. The van der Waals surface area contributed by atoms with Gasteiger partial charge in [0.15, 0.2) is 0 Å². The van der Waals surface area contributed by atoms with E-state index in [1.165, 1.54) is 23.1 Å². The number of aryl methyl sites for hydroxylation is 1. The van der Waals surface area contributed by atoms with Gasteiger partial charge in [0, 0.05) is 36.6 Å². The van der Waals surface area contributed by atoms with Gasteiger partial charge in [-0.05, 0) is 50.6 Å². The minimum absolute atomic E-state index is 0.0202. The van der Waals surface area contributed by atoms with E-state index < -0.39 is 23.5 Å². The van der Waals surface area contributed by atoms with Crippen molar-refractivity contribution in [1.82, 2.24) is 14.5 Å². The largest absolute Gasteiger partial charge is 0.507 e. The lowest BCUT2D eigenvalue weighted by Crippen LogP contribution is -2.31. The summed E-state index contributed by atoms with van der Waals surface area (Å²) >= 11 is 0. The number of amides is 1. The smallest absolute Gasteiger partial charge is 0.295 e. The Morgan fingerprint density at radius 1 is 1.12 bits per heavy atom. The molecule has 1 unspecified atom stereocenters. The van der Waals surface area contributed by atoms with Crippen LogP contribution in [-0.2, 0) is 16.1 Å².